The minimum atomic E-state index is 1.18. The van der Waals surface area contributed by atoms with Crippen LogP contribution in [0.3, 0.4) is 0 Å². The second-order valence-corrected chi connectivity index (χ2v) is 9.82. The summed E-state index contributed by atoms with van der Waals surface area (Å²) in [6.45, 7) is 0. The zero-order chi connectivity index (χ0) is 23.4. The van der Waals surface area contributed by atoms with Crippen molar-refractivity contribution in [1.82, 2.24) is 9.55 Å². The molecule has 6 aromatic carbocycles. The first kappa shape index (κ1) is 18.5. The monoisotopic (exact) mass is 456 g/mol. The second kappa shape index (κ2) is 6.44. The van der Waals surface area contributed by atoms with E-state index in [-0.39, 0.29) is 0 Å². The average molecular weight is 457 g/mol. The Bertz CT molecular complexity index is 2190. The van der Waals surface area contributed by atoms with Gasteiger partial charge in [-0.05, 0) is 57.8 Å². The summed E-state index contributed by atoms with van der Waals surface area (Å²) in [6.07, 6.45) is 0. The van der Waals surface area contributed by atoms with Crippen molar-refractivity contribution in [3.63, 3.8) is 0 Å². The summed E-state index contributed by atoms with van der Waals surface area (Å²) in [5.74, 6) is 0. The number of benzene rings is 6. The predicted octanol–water partition coefficient (Wildman–Crippen LogP) is 9.22. The van der Waals surface area contributed by atoms with E-state index < -0.39 is 0 Å². The summed E-state index contributed by atoms with van der Waals surface area (Å²) < 4.78 is 2.45. The molecule has 1 aliphatic carbocycles. The van der Waals surface area contributed by atoms with E-state index in [0.717, 1.165) is 0 Å². The first-order valence-electron chi connectivity index (χ1n) is 12.5. The number of H-pyrrole nitrogens is 1. The van der Waals surface area contributed by atoms with Crippen LogP contribution in [0.1, 0.15) is 0 Å². The van der Waals surface area contributed by atoms with Gasteiger partial charge in [0.2, 0.25) is 0 Å². The van der Waals surface area contributed by atoms with Gasteiger partial charge >= 0.3 is 0 Å². The third-order valence-corrected chi connectivity index (χ3v) is 8.03. The highest BCUT2D eigenvalue weighted by Gasteiger charge is 2.27. The van der Waals surface area contributed by atoms with Crippen molar-refractivity contribution in [2.24, 2.45) is 0 Å². The summed E-state index contributed by atoms with van der Waals surface area (Å²) in [5, 5.41) is 7.91. The fourth-order valence-corrected chi connectivity index (χ4v) is 6.65. The Labute approximate surface area is 207 Å². The third kappa shape index (κ3) is 2.14. The van der Waals surface area contributed by atoms with Crippen LogP contribution >= 0.6 is 0 Å². The summed E-state index contributed by atoms with van der Waals surface area (Å²) in [6, 6.07) is 42.1. The normalized spacial score (nSPS) is 12.4. The Balaban J connectivity index is 1.68. The molecule has 2 nitrogen and oxygen atoms in total. The third-order valence-electron chi connectivity index (χ3n) is 8.03. The van der Waals surface area contributed by atoms with Gasteiger partial charge in [-0.25, -0.2) is 0 Å². The Kier molecular flexibility index (Phi) is 3.31. The molecule has 2 heteroatoms. The van der Waals surface area contributed by atoms with Gasteiger partial charge in [0.05, 0.1) is 11.0 Å². The summed E-state index contributed by atoms with van der Waals surface area (Å²) in [4.78, 5) is 3.75. The molecular weight excluding hydrogens is 436 g/mol. The van der Waals surface area contributed by atoms with E-state index in [2.05, 4.69) is 125 Å². The summed E-state index contributed by atoms with van der Waals surface area (Å²) in [7, 11) is 0. The van der Waals surface area contributed by atoms with Gasteiger partial charge in [0.15, 0.2) is 0 Å². The van der Waals surface area contributed by atoms with Crippen molar-refractivity contribution in [3.8, 4) is 27.9 Å². The molecular formula is C34H20N2. The van der Waals surface area contributed by atoms with Crippen molar-refractivity contribution >= 4 is 54.4 Å². The van der Waals surface area contributed by atoms with Gasteiger partial charge in [0.1, 0.15) is 0 Å². The van der Waals surface area contributed by atoms with E-state index in [1.165, 1.54) is 82.3 Å². The lowest BCUT2D eigenvalue weighted by molar-refractivity contribution is 1.18. The Morgan fingerprint density at radius 2 is 1.25 bits per heavy atom. The van der Waals surface area contributed by atoms with E-state index >= 15 is 0 Å². The van der Waals surface area contributed by atoms with Crippen molar-refractivity contribution in [2.75, 3.05) is 0 Å². The highest BCUT2D eigenvalue weighted by atomic mass is 15.0. The van der Waals surface area contributed by atoms with Gasteiger partial charge in [-0.2, -0.15) is 0 Å². The van der Waals surface area contributed by atoms with E-state index in [9.17, 15) is 0 Å². The second-order valence-electron chi connectivity index (χ2n) is 9.82. The molecule has 0 saturated carbocycles. The Hall–Kier alpha value is -4.82. The van der Waals surface area contributed by atoms with E-state index in [1.54, 1.807) is 0 Å². The number of hydrogen-bond acceptors (Lipinski definition) is 0. The van der Waals surface area contributed by atoms with Crippen LogP contribution in [0, 0.1) is 0 Å². The molecule has 9 rings (SSSR count). The van der Waals surface area contributed by atoms with Crippen LogP contribution in [0.5, 0.6) is 0 Å². The van der Waals surface area contributed by atoms with Crippen molar-refractivity contribution in [1.29, 1.82) is 0 Å². The average Bonchev–Trinajstić information content (AvgIpc) is 3.43. The molecule has 0 fully saturated rings. The molecule has 0 saturated heterocycles. The number of rotatable bonds is 1. The van der Waals surface area contributed by atoms with Crippen molar-refractivity contribution in [2.45, 2.75) is 0 Å². The Morgan fingerprint density at radius 1 is 0.472 bits per heavy atom. The maximum Gasteiger partial charge on any atom is 0.0568 e. The zero-order valence-electron chi connectivity index (χ0n) is 19.4. The molecule has 0 radical (unpaired) electrons. The maximum absolute atomic E-state index is 3.75. The van der Waals surface area contributed by atoms with Crippen molar-refractivity contribution in [3.05, 3.63) is 115 Å². The van der Waals surface area contributed by atoms with Crippen LogP contribution in [-0.2, 0) is 0 Å². The predicted molar refractivity (Wildman–Crippen MR) is 152 cm³/mol. The number of hydrogen-bond donors (Lipinski definition) is 1. The molecule has 166 valence electrons. The summed E-state index contributed by atoms with van der Waals surface area (Å²) in [5.41, 5.74) is 11.3. The van der Waals surface area contributed by atoms with Crippen LogP contribution in [0.4, 0.5) is 0 Å². The molecule has 0 amide bonds. The first-order valence-corrected chi connectivity index (χ1v) is 12.5. The molecule has 0 atom stereocenters. The Morgan fingerprint density at radius 3 is 2.17 bits per heavy atom. The fraction of sp³-hybridized carbons (Fsp3) is 0. The molecule has 2 aromatic heterocycles. The number of nitrogens with one attached hydrogen (secondary N) is 1. The van der Waals surface area contributed by atoms with E-state index in [1.807, 2.05) is 0 Å². The van der Waals surface area contributed by atoms with Crippen LogP contribution in [0.15, 0.2) is 115 Å². The summed E-state index contributed by atoms with van der Waals surface area (Å²) >= 11 is 0. The van der Waals surface area contributed by atoms with E-state index in [4.69, 9.17) is 0 Å². The smallest absolute Gasteiger partial charge is 0.0568 e. The molecule has 0 spiro atoms. The van der Waals surface area contributed by atoms with Gasteiger partial charge in [0, 0.05) is 43.8 Å². The van der Waals surface area contributed by atoms with E-state index in [0.29, 0.717) is 0 Å². The van der Waals surface area contributed by atoms with Gasteiger partial charge in [-0.3, -0.25) is 0 Å². The van der Waals surface area contributed by atoms with Gasteiger partial charge in [0.25, 0.3) is 0 Å². The molecule has 1 aliphatic rings. The van der Waals surface area contributed by atoms with Gasteiger partial charge < -0.3 is 9.55 Å². The molecule has 0 unspecified atom stereocenters. The maximum atomic E-state index is 3.75. The number of para-hydroxylation sites is 2. The van der Waals surface area contributed by atoms with Crippen molar-refractivity contribution < 1.29 is 0 Å². The van der Waals surface area contributed by atoms with Crippen LogP contribution in [0.25, 0.3) is 82.3 Å². The topological polar surface area (TPSA) is 20.7 Å². The molecule has 36 heavy (non-hydrogen) atoms. The highest BCUT2D eigenvalue weighted by Crippen LogP contribution is 2.52. The number of aromatic amines is 1. The standard InChI is InChI=1S/C34H20N2/c1-2-10-21(11-3-1)36-28-18-17-20-9-8-15-23-22-12-4-5-13-24(22)32-31-25-14-6-7-16-26(25)35-27(31)19-29(36)34(32)33(28)30(20)23/h1-19,35H. The highest BCUT2D eigenvalue weighted by molar-refractivity contribution is 6.35. The van der Waals surface area contributed by atoms with Crippen LogP contribution in [0.2, 0.25) is 0 Å². The number of fused-ring (bicyclic) bond motifs is 7. The van der Waals surface area contributed by atoms with Crippen LogP contribution in [-0.4, -0.2) is 9.55 Å². The first-order chi connectivity index (χ1) is 17.9. The lowest BCUT2D eigenvalue weighted by atomic mass is 9.91. The largest absolute Gasteiger partial charge is 0.354 e. The minimum Gasteiger partial charge on any atom is -0.354 e. The minimum absolute atomic E-state index is 1.18. The zero-order valence-corrected chi connectivity index (χ0v) is 19.4. The number of nitrogens with zero attached hydrogens (tertiary/aromatic N) is 1. The lowest BCUT2D eigenvalue weighted by Gasteiger charge is -2.14. The molecule has 8 aromatic rings. The lowest BCUT2D eigenvalue weighted by Crippen LogP contribution is -1.94. The quantitative estimate of drug-likeness (QED) is 0.254. The van der Waals surface area contributed by atoms with Gasteiger partial charge in [-0.1, -0.05) is 84.9 Å². The van der Waals surface area contributed by atoms with Crippen LogP contribution < -0.4 is 0 Å². The molecule has 1 N–H and O–H groups in total. The molecule has 2 heterocycles. The fourth-order valence-electron chi connectivity index (χ4n) is 6.65. The van der Waals surface area contributed by atoms with Gasteiger partial charge in [-0.15, -0.1) is 0 Å². The molecule has 0 bridgehead atoms. The molecule has 0 aliphatic heterocycles. The SMILES string of the molecule is c1ccc(-n2c3cc4[nH]c5ccccc5c4c4c3c3c5c(cccc5ccc32)-c2ccccc2-4)cc1. The number of aromatic nitrogens is 2.